The molecule has 0 aliphatic carbocycles. The third kappa shape index (κ3) is 4.97. The molecule has 0 atom stereocenters. The second-order valence-electron chi connectivity index (χ2n) is 4.24. The standard InChI is InChI=1S/C13H21N3O/c1-16(2)13(17)10-15-8-7-11-3-5-12(9-14)6-4-11/h3-6,15H,7-10,14H2,1-2H3. The molecular formula is C13H21N3O. The zero-order valence-electron chi connectivity index (χ0n) is 10.6. The molecule has 0 fully saturated rings. The van der Waals surface area contributed by atoms with E-state index in [0.717, 1.165) is 18.5 Å². The Morgan fingerprint density at radius 2 is 1.82 bits per heavy atom. The molecule has 1 amide bonds. The fourth-order valence-corrected chi connectivity index (χ4v) is 1.43. The van der Waals surface area contributed by atoms with Crippen LogP contribution in [-0.4, -0.2) is 38.0 Å². The van der Waals surface area contributed by atoms with E-state index in [1.54, 1.807) is 19.0 Å². The summed E-state index contributed by atoms with van der Waals surface area (Å²) in [7, 11) is 3.52. The maximum absolute atomic E-state index is 11.3. The van der Waals surface area contributed by atoms with Gasteiger partial charge >= 0.3 is 0 Å². The fraction of sp³-hybridized carbons (Fsp3) is 0.462. The summed E-state index contributed by atoms with van der Waals surface area (Å²) in [4.78, 5) is 12.9. The van der Waals surface area contributed by atoms with Crippen LogP contribution in [0.15, 0.2) is 24.3 Å². The average Bonchev–Trinajstić information content (AvgIpc) is 2.35. The highest BCUT2D eigenvalue weighted by atomic mass is 16.2. The SMILES string of the molecule is CN(C)C(=O)CNCCc1ccc(CN)cc1. The lowest BCUT2D eigenvalue weighted by Gasteiger charge is -2.10. The first kappa shape index (κ1) is 13.7. The van der Waals surface area contributed by atoms with Crippen molar-refractivity contribution >= 4 is 5.91 Å². The molecule has 94 valence electrons. The Hall–Kier alpha value is -1.39. The van der Waals surface area contributed by atoms with Crippen LogP contribution < -0.4 is 11.1 Å². The number of benzene rings is 1. The Kier molecular flexibility index (Phi) is 5.66. The van der Waals surface area contributed by atoms with E-state index < -0.39 is 0 Å². The lowest BCUT2D eigenvalue weighted by molar-refractivity contribution is -0.127. The molecule has 4 heteroatoms. The van der Waals surface area contributed by atoms with Crippen molar-refractivity contribution in [2.45, 2.75) is 13.0 Å². The maximum Gasteiger partial charge on any atom is 0.236 e. The highest BCUT2D eigenvalue weighted by molar-refractivity contribution is 5.77. The van der Waals surface area contributed by atoms with Crippen LogP contribution in [0.4, 0.5) is 0 Å². The molecule has 17 heavy (non-hydrogen) atoms. The van der Waals surface area contributed by atoms with Crippen LogP contribution >= 0.6 is 0 Å². The number of carbonyl (C=O) groups is 1. The largest absolute Gasteiger partial charge is 0.348 e. The van der Waals surface area contributed by atoms with Crippen molar-refractivity contribution in [2.24, 2.45) is 5.73 Å². The van der Waals surface area contributed by atoms with Crippen molar-refractivity contribution in [2.75, 3.05) is 27.2 Å². The Bertz CT molecular complexity index is 346. The molecule has 1 aromatic carbocycles. The Morgan fingerprint density at radius 1 is 1.24 bits per heavy atom. The second kappa shape index (κ2) is 7.04. The molecule has 0 aliphatic rings. The van der Waals surface area contributed by atoms with Gasteiger partial charge in [0.2, 0.25) is 5.91 Å². The van der Waals surface area contributed by atoms with E-state index in [9.17, 15) is 4.79 Å². The van der Waals surface area contributed by atoms with Crippen molar-refractivity contribution in [1.29, 1.82) is 0 Å². The lowest BCUT2D eigenvalue weighted by Crippen LogP contribution is -2.33. The van der Waals surface area contributed by atoms with Gasteiger partial charge in [0.1, 0.15) is 0 Å². The number of nitrogens with one attached hydrogen (secondary N) is 1. The summed E-state index contributed by atoms with van der Waals surface area (Å²) < 4.78 is 0. The fourth-order valence-electron chi connectivity index (χ4n) is 1.43. The topological polar surface area (TPSA) is 58.4 Å². The van der Waals surface area contributed by atoms with Crippen LogP contribution in [-0.2, 0) is 17.8 Å². The van der Waals surface area contributed by atoms with Gasteiger partial charge in [-0.15, -0.1) is 0 Å². The van der Waals surface area contributed by atoms with Gasteiger partial charge in [0.25, 0.3) is 0 Å². The number of rotatable bonds is 6. The zero-order chi connectivity index (χ0) is 12.7. The Labute approximate surface area is 103 Å². The maximum atomic E-state index is 11.3. The summed E-state index contributed by atoms with van der Waals surface area (Å²) in [6.07, 6.45) is 0.922. The molecule has 0 saturated heterocycles. The number of nitrogens with zero attached hydrogens (tertiary/aromatic N) is 1. The van der Waals surface area contributed by atoms with Crippen LogP contribution in [0.5, 0.6) is 0 Å². The minimum atomic E-state index is 0.100. The molecule has 1 rings (SSSR count). The van der Waals surface area contributed by atoms with E-state index in [2.05, 4.69) is 17.4 Å². The van der Waals surface area contributed by atoms with Gasteiger partial charge in [0.15, 0.2) is 0 Å². The molecule has 0 bridgehead atoms. The van der Waals surface area contributed by atoms with E-state index in [-0.39, 0.29) is 5.91 Å². The summed E-state index contributed by atoms with van der Waals surface area (Å²) in [6.45, 7) is 1.78. The van der Waals surface area contributed by atoms with Crippen molar-refractivity contribution in [3.05, 3.63) is 35.4 Å². The first-order valence-corrected chi connectivity index (χ1v) is 5.82. The summed E-state index contributed by atoms with van der Waals surface area (Å²) in [5, 5.41) is 3.13. The summed E-state index contributed by atoms with van der Waals surface area (Å²) in [6, 6.07) is 8.25. The second-order valence-corrected chi connectivity index (χ2v) is 4.24. The van der Waals surface area contributed by atoms with Crippen LogP contribution in [0, 0.1) is 0 Å². The van der Waals surface area contributed by atoms with E-state index >= 15 is 0 Å². The summed E-state index contributed by atoms with van der Waals surface area (Å²) in [5.41, 5.74) is 7.93. The molecule has 1 aromatic rings. The van der Waals surface area contributed by atoms with Crippen LogP contribution in [0.3, 0.4) is 0 Å². The van der Waals surface area contributed by atoms with Gasteiger partial charge in [-0.1, -0.05) is 24.3 Å². The number of carbonyl (C=O) groups excluding carboxylic acids is 1. The van der Waals surface area contributed by atoms with Gasteiger partial charge < -0.3 is 16.0 Å². The van der Waals surface area contributed by atoms with Gasteiger partial charge in [-0.3, -0.25) is 4.79 Å². The highest BCUT2D eigenvalue weighted by Crippen LogP contribution is 2.03. The van der Waals surface area contributed by atoms with Gasteiger partial charge in [-0.25, -0.2) is 0 Å². The predicted octanol–water partition coefficient (Wildman–Crippen LogP) is 0.366. The van der Waals surface area contributed by atoms with Crippen LogP contribution in [0.1, 0.15) is 11.1 Å². The summed E-state index contributed by atoms with van der Waals surface area (Å²) in [5.74, 6) is 0.100. The van der Waals surface area contributed by atoms with E-state index in [0.29, 0.717) is 13.1 Å². The molecule has 0 aromatic heterocycles. The number of likely N-dealkylation sites (N-methyl/N-ethyl adjacent to an activating group) is 1. The van der Waals surface area contributed by atoms with Crippen molar-refractivity contribution in [3.63, 3.8) is 0 Å². The van der Waals surface area contributed by atoms with E-state index in [4.69, 9.17) is 5.73 Å². The monoisotopic (exact) mass is 235 g/mol. The molecular weight excluding hydrogens is 214 g/mol. The van der Waals surface area contributed by atoms with Gasteiger partial charge in [0, 0.05) is 20.6 Å². The average molecular weight is 235 g/mol. The van der Waals surface area contributed by atoms with Crippen molar-refractivity contribution in [3.8, 4) is 0 Å². The van der Waals surface area contributed by atoms with Gasteiger partial charge in [0.05, 0.1) is 6.54 Å². The molecule has 0 spiro atoms. The number of hydrogen-bond donors (Lipinski definition) is 2. The smallest absolute Gasteiger partial charge is 0.236 e. The molecule has 0 radical (unpaired) electrons. The summed E-state index contributed by atoms with van der Waals surface area (Å²) >= 11 is 0. The molecule has 0 saturated carbocycles. The third-order valence-electron chi connectivity index (χ3n) is 2.62. The number of amides is 1. The molecule has 0 heterocycles. The molecule has 0 aliphatic heterocycles. The quantitative estimate of drug-likeness (QED) is 0.700. The molecule has 3 N–H and O–H groups in total. The molecule has 4 nitrogen and oxygen atoms in total. The minimum Gasteiger partial charge on any atom is -0.348 e. The first-order valence-electron chi connectivity index (χ1n) is 5.82. The predicted molar refractivity (Wildman–Crippen MR) is 69.6 cm³/mol. The zero-order valence-corrected chi connectivity index (χ0v) is 10.6. The Morgan fingerprint density at radius 3 is 2.35 bits per heavy atom. The van der Waals surface area contributed by atoms with Gasteiger partial charge in [-0.2, -0.15) is 0 Å². The molecule has 0 unspecified atom stereocenters. The normalized spacial score (nSPS) is 10.3. The highest BCUT2D eigenvalue weighted by Gasteiger charge is 2.01. The van der Waals surface area contributed by atoms with Gasteiger partial charge in [-0.05, 0) is 24.1 Å². The number of nitrogens with two attached hydrogens (primary N) is 1. The first-order chi connectivity index (χ1) is 8.13. The number of hydrogen-bond acceptors (Lipinski definition) is 3. The van der Waals surface area contributed by atoms with E-state index in [1.807, 2.05) is 12.1 Å². The van der Waals surface area contributed by atoms with Crippen molar-refractivity contribution in [1.82, 2.24) is 10.2 Å². The Balaban J connectivity index is 2.24. The van der Waals surface area contributed by atoms with Crippen molar-refractivity contribution < 1.29 is 4.79 Å². The minimum absolute atomic E-state index is 0.100. The van der Waals surface area contributed by atoms with E-state index in [1.165, 1.54) is 5.56 Å². The van der Waals surface area contributed by atoms with Crippen LogP contribution in [0.2, 0.25) is 0 Å². The lowest BCUT2D eigenvalue weighted by atomic mass is 10.1. The third-order valence-corrected chi connectivity index (χ3v) is 2.62. The van der Waals surface area contributed by atoms with Crippen LogP contribution in [0.25, 0.3) is 0 Å².